The molecule has 0 saturated heterocycles. The van der Waals surface area contributed by atoms with Gasteiger partial charge in [-0.1, -0.05) is 48.2 Å². The number of fused-ring (bicyclic) bond motifs is 12. The number of furan rings is 4. The van der Waals surface area contributed by atoms with Crippen LogP contribution in [0.1, 0.15) is 62.7 Å². The minimum absolute atomic E-state index is 0.0451. The van der Waals surface area contributed by atoms with Gasteiger partial charge in [0, 0.05) is 105 Å². The lowest BCUT2D eigenvalue weighted by Gasteiger charge is -2.25. The van der Waals surface area contributed by atoms with Crippen LogP contribution in [0.15, 0.2) is 182 Å². The standard InChI is InChI=1S/C18H19BN3O.3C17H17BN3O/c1-12-10-16(21(3)11-13(12)2)19-8-7-15-14-6-5-9-20-17(14)23-18(15)22(19)4;1-12-7-10-20(2)15(11-12)18-8-6-14-13-5-4-9-19-16(13)22-17(14)21(18)3;1-12-6-7-15(20(2)11-12)18-9-8-14-13-5-4-10-19-16(13)22-17(14)21(18)3;1-12-7-8-13-16-14(22-17(13)19-12)9-10-18(21(16)3)15-6-4-5-11-20(15)2/h5-11H,1-4H3;3*4-11H,1-3H3/q4*+1/i2D3;;2*1D3. The normalized spacial score (nSPS) is 15.7. The van der Waals surface area contributed by atoms with Crippen LogP contribution in [0.3, 0.4) is 0 Å². The minimum atomic E-state index is -2.25. The fourth-order valence-electron chi connectivity index (χ4n) is 12.3. The number of pyridine rings is 8. The molecule has 0 N–H and O–H groups in total. The molecule has 4 aliphatic rings. The summed E-state index contributed by atoms with van der Waals surface area (Å²) in [5, 5.41) is 3.86. The molecule has 0 saturated carbocycles. The van der Waals surface area contributed by atoms with E-state index < -0.39 is 20.6 Å². The second-order valence-corrected chi connectivity index (χ2v) is 22.9. The maximum atomic E-state index is 7.70. The molecule has 0 fully saturated rings. The van der Waals surface area contributed by atoms with E-state index in [0.717, 1.165) is 83.9 Å². The van der Waals surface area contributed by atoms with Gasteiger partial charge in [-0.15, -0.1) is 0 Å². The number of aromatic nitrogens is 8. The highest BCUT2D eigenvalue weighted by atomic mass is 16.4. The van der Waals surface area contributed by atoms with Gasteiger partial charge >= 0.3 is 27.4 Å². The first kappa shape index (κ1) is 47.9. The van der Waals surface area contributed by atoms with E-state index in [0.29, 0.717) is 39.7 Å². The number of hydrogen-bond donors (Lipinski definition) is 0. The molecule has 16 nitrogen and oxygen atoms in total. The van der Waals surface area contributed by atoms with Crippen LogP contribution in [-0.2, 0) is 28.2 Å². The summed E-state index contributed by atoms with van der Waals surface area (Å²) in [5.74, 6) is 11.6. The average molecular weight is 1180 g/mol. The Morgan fingerprint density at radius 3 is 1.51 bits per heavy atom. The predicted molar refractivity (Wildman–Crippen MR) is 361 cm³/mol. The second kappa shape index (κ2) is 23.5. The largest absolute Gasteiger partial charge is 0.436 e. The molecule has 0 bridgehead atoms. The van der Waals surface area contributed by atoms with E-state index in [9.17, 15) is 0 Å². The monoisotopic (exact) mass is 1180 g/mol. The Morgan fingerprint density at radius 1 is 0.427 bits per heavy atom. The van der Waals surface area contributed by atoms with E-state index in [1.54, 1.807) is 49.2 Å². The van der Waals surface area contributed by atoms with Gasteiger partial charge in [0.05, 0.1) is 11.1 Å². The smallest absolute Gasteiger partial charge is 0.398 e. The predicted octanol–water partition coefficient (Wildman–Crippen LogP) is 7.75. The number of anilines is 4. The van der Waals surface area contributed by atoms with Gasteiger partial charge in [0.1, 0.15) is 28.2 Å². The van der Waals surface area contributed by atoms with Crippen LogP contribution in [-0.4, -0.2) is 75.5 Å². The number of nitrogens with zero attached hydrogens (tertiary/aromatic N) is 12. The van der Waals surface area contributed by atoms with Gasteiger partial charge in [-0.3, -0.25) is 0 Å². The van der Waals surface area contributed by atoms with E-state index >= 15 is 0 Å². The number of hydrogen-bond acceptors (Lipinski definition) is 12. The second-order valence-electron chi connectivity index (χ2n) is 22.9. The zero-order valence-electron chi connectivity index (χ0n) is 60.2. The maximum Gasteiger partial charge on any atom is 0.398 e. The first-order valence-electron chi connectivity index (χ1n) is 33.8. The van der Waals surface area contributed by atoms with E-state index in [-0.39, 0.29) is 33.1 Å². The Hall–Kier alpha value is -10.2. The summed E-state index contributed by atoms with van der Waals surface area (Å²) < 4.78 is 100. The third kappa shape index (κ3) is 10.7. The zero-order valence-corrected chi connectivity index (χ0v) is 51.2. The van der Waals surface area contributed by atoms with Crippen molar-refractivity contribution >= 4 is 142 Å². The summed E-state index contributed by atoms with van der Waals surface area (Å²) in [4.78, 5) is 25.5. The summed E-state index contributed by atoms with van der Waals surface area (Å²) in [7, 11) is 15.8. The molecule has 0 unspecified atom stereocenters. The van der Waals surface area contributed by atoms with Gasteiger partial charge in [0.2, 0.25) is 22.9 Å². The van der Waals surface area contributed by atoms with Gasteiger partial charge < -0.3 is 36.9 Å². The van der Waals surface area contributed by atoms with Crippen molar-refractivity contribution in [2.75, 3.05) is 47.4 Å². The minimum Gasteiger partial charge on any atom is -0.436 e. The molecule has 438 valence electrons. The van der Waals surface area contributed by atoms with Crippen LogP contribution in [0, 0.1) is 34.4 Å². The Kier molecular flexibility index (Phi) is 12.6. The quantitative estimate of drug-likeness (QED) is 0.126. The molecule has 0 atom stereocenters. The van der Waals surface area contributed by atoms with Gasteiger partial charge in [-0.2, -0.15) is 0 Å². The average Bonchev–Trinajstić information content (AvgIpc) is 1.58. The lowest BCUT2D eigenvalue weighted by atomic mass is 9.55. The summed E-state index contributed by atoms with van der Waals surface area (Å²) in [6.07, 6.45) is 20.9. The molecular weight excluding hydrogens is 1100 g/mol. The van der Waals surface area contributed by atoms with Crippen LogP contribution >= 0.6 is 0 Å². The highest BCUT2D eigenvalue weighted by Crippen LogP contribution is 2.39. The van der Waals surface area contributed by atoms with Crippen LogP contribution < -0.4 is 59.9 Å². The molecule has 0 aromatic carbocycles. The molecular formula is C69H70B4N12O4+4. The molecule has 16 heterocycles. The van der Waals surface area contributed by atoms with Gasteiger partial charge in [0.25, 0.3) is 0 Å². The molecule has 0 spiro atoms. The van der Waals surface area contributed by atoms with Crippen LogP contribution in [0.5, 0.6) is 0 Å². The maximum absolute atomic E-state index is 7.70. The van der Waals surface area contributed by atoms with Crippen molar-refractivity contribution in [3.8, 4) is 0 Å². The van der Waals surface area contributed by atoms with Crippen molar-refractivity contribution < 1.29 is 48.3 Å². The Morgan fingerprint density at radius 2 is 0.955 bits per heavy atom. The topological polar surface area (TPSA) is 133 Å². The van der Waals surface area contributed by atoms with Crippen LogP contribution in [0.2, 0.25) is 0 Å². The Bertz CT molecular complexity index is 5220. The van der Waals surface area contributed by atoms with Crippen molar-refractivity contribution in [2.24, 2.45) is 28.2 Å². The molecule has 0 amide bonds. The van der Waals surface area contributed by atoms with E-state index in [2.05, 4.69) is 131 Å². The molecule has 12 aromatic heterocycles. The molecule has 0 aliphatic carbocycles. The molecule has 4 aliphatic heterocycles. The highest BCUT2D eigenvalue weighted by molar-refractivity contribution is 6.82. The third-order valence-corrected chi connectivity index (χ3v) is 17.1. The van der Waals surface area contributed by atoms with Crippen molar-refractivity contribution in [2.45, 2.75) is 34.4 Å². The van der Waals surface area contributed by atoms with Gasteiger partial charge in [-0.25, -0.2) is 38.2 Å². The lowest BCUT2D eigenvalue weighted by molar-refractivity contribution is -0.654. The summed E-state index contributed by atoms with van der Waals surface area (Å²) in [6, 6.07) is 31.0. The fourth-order valence-corrected chi connectivity index (χ4v) is 12.3. The first-order chi connectivity index (χ1) is 46.6. The first-order valence-corrected chi connectivity index (χ1v) is 29.3. The number of rotatable bonds is 4. The molecule has 16 rings (SSSR count). The van der Waals surface area contributed by atoms with E-state index in [4.69, 9.17) is 30.0 Å². The molecule has 12 aromatic rings. The lowest BCUT2D eigenvalue weighted by Crippen LogP contribution is -2.60. The van der Waals surface area contributed by atoms with Crippen LogP contribution in [0.4, 0.5) is 23.3 Å². The zero-order chi connectivity index (χ0) is 69.4. The van der Waals surface area contributed by atoms with E-state index in [1.165, 1.54) is 11.2 Å². The summed E-state index contributed by atoms with van der Waals surface area (Å²) in [5.41, 5.74) is 13.5. The van der Waals surface area contributed by atoms with Gasteiger partial charge in [0.15, 0.2) is 70.6 Å². The Balaban J connectivity index is 0.000000118. The van der Waals surface area contributed by atoms with Crippen molar-refractivity contribution in [3.63, 3.8) is 0 Å². The van der Waals surface area contributed by atoms with Gasteiger partial charge in [-0.05, 0) is 147 Å². The SMILES string of the molecule is Cc1cc[n+](C)c(B2C=Cc3c(oc4ncccc34)N2C)c1.[2H]C([2H])([2H])c1c[n+](C)c(B2C=Cc3c(oc4ncccc34)N2C)cc1C.[2H]C([2H])([2H])c1ccc(B2C=Cc3c(oc4ncccc34)N2C)[n+](C)c1.[2H]C([2H])([2H])c1ccc2c3c(oc2n1)C=CB(c1cccc[n+]1C)N3C. The Labute approximate surface area is 532 Å². The number of aryl methyl sites for hydroxylation is 9. The third-order valence-electron chi connectivity index (χ3n) is 17.1. The highest BCUT2D eigenvalue weighted by Gasteiger charge is 2.39. The molecule has 20 heteroatoms. The van der Waals surface area contributed by atoms with E-state index in [1.807, 2.05) is 136 Å². The summed E-state index contributed by atoms with van der Waals surface area (Å²) >= 11 is 0. The van der Waals surface area contributed by atoms with Crippen LogP contribution in [0.25, 0.3) is 68.7 Å². The van der Waals surface area contributed by atoms with Crippen molar-refractivity contribution in [3.05, 3.63) is 215 Å². The summed E-state index contributed by atoms with van der Waals surface area (Å²) in [6.45, 7) is -2.42. The van der Waals surface area contributed by atoms with Crippen molar-refractivity contribution in [1.29, 1.82) is 0 Å². The fraction of sp³-hybridized carbons (Fsp3) is 0.188. The van der Waals surface area contributed by atoms with Crippen molar-refractivity contribution in [1.82, 2.24) is 19.9 Å². The molecule has 89 heavy (non-hydrogen) atoms. The molecule has 0 radical (unpaired) electrons.